The van der Waals surface area contributed by atoms with Crippen LogP contribution in [0.2, 0.25) is 5.02 Å². The molecule has 2 aromatic carbocycles. The minimum absolute atomic E-state index is 0.0801. The summed E-state index contributed by atoms with van der Waals surface area (Å²) in [6.45, 7) is 1.92. The highest BCUT2D eigenvalue weighted by atomic mass is 35.5. The van der Waals surface area contributed by atoms with Crippen molar-refractivity contribution in [2.75, 3.05) is 4.90 Å². The number of carbonyl (C=O) groups excluding carboxylic acids is 2. The SMILES string of the molecule is Cc1ccc(Cl)cc1-c1ccc(C=C2C(=O)NC(=S)N(c3ccc(F)cc3)C2=O)o1. The number of hydrogen-bond acceptors (Lipinski definition) is 4. The molecule has 3 aromatic rings. The molecule has 1 N–H and O–H groups in total. The van der Waals surface area contributed by atoms with Crippen molar-refractivity contribution in [1.29, 1.82) is 0 Å². The molecule has 1 fully saturated rings. The lowest BCUT2D eigenvalue weighted by Crippen LogP contribution is -2.54. The first kappa shape index (κ1) is 20.0. The fraction of sp³-hybridized carbons (Fsp3) is 0.0455. The van der Waals surface area contributed by atoms with Crippen molar-refractivity contribution >= 4 is 52.5 Å². The number of hydrogen-bond donors (Lipinski definition) is 1. The number of anilines is 1. The van der Waals surface area contributed by atoms with Gasteiger partial charge in [0.15, 0.2) is 5.11 Å². The summed E-state index contributed by atoms with van der Waals surface area (Å²) < 4.78 is 19.1. The number of thiocarbonyl (C=S) groups is 1. The molecule has 0 bridgehead atoms. The summed E-state index contributed by atoms with van der Waals surface area (Å²) in [5, 5.41) is 2.96. The summed E-state index contributed by atoms with van der Waals surface area (Å²) in [7, 11) is 0. The maximum absolute atomic E-state index is 13.2. The molecular formula is C22H14ClFN2O3S. The average Bonchev–Trinajstić information content (AvgIpc) is 3.17. The van der Waals surface area contributed by atoms with Crippen LogP contribution < -0.4 is 10.2 Å². The van der Waals surface area contributed by atoms with Crippen molar-refractivity contribution in [1.82, 2.24) is 5.32 Å². The van der Waals surface area contributed by atoms with Gasteiger partial charge < -0.3 is 4.42 Å². The Hall–Kier alpha value is -3.29. The molecule has 8 heteroatoms. The van der Waals surface area contributed by atoms with Crippen LogP contribution in [0.1, 0.15) is 11.3 Å². The number of nitrogens with one attached hydrogen (secondary N) is 1. The van der Waals surface area contributed by atoms with E-state index in [0.717, 1.165) is 16.0 Å². The Balaban J connectivity index is 1.69. The van der Waals surface area contributed by atoms with E-state index in [1.807, 2.05) is 13.0 Å². The lowest BCUT2D eigenvalue weighted by molar-refractivity contribution is -0.122. The highest BCUT2D eigenvalue weighted by Gasteiger charge is 2.34. The Morgan fingerprint density at radius 3 is 2.57 bits per heavy atom. The maximum Gasteiger partial charge on any atom is 0.270 e. The average molecular weight is 441 g/mol. The van der Waals surface area contributed by atoms with Gasteiger partial charge in [-0.05, 0) is 79.3 Å². The van der Waals surface area contributed by atoms with E-state index in [9.17, 15) is 14.0 Å². The highest BCUT2D eigenvalue weighted by molar-refractivity contribution is 7.80. The van der Waals surface area contributed by atoms with Gasteiger partial charge in [0.2, 0.25) is 0 Å². The fourth-order valence-corrected chi connectivity index (χ4v) is 3.51. The summed E-state index contributed by atoms with van der Waals surface area (Å²) in [6.07, 6.45) is 1.35. The van der Waals surface area contributed by atoms with Crippen LogP contribution in [0.5, 0.6) is 0 Å². The van der Waals surface area contributed by atoms with Crippen molar-refractivity contribution in [2.45, 2.75) is 6.92 Å². The molecule has 0 radical (unpaired) electrons. The summed E-state index contributed by atoms with van der Waals surface area (Å²) >= 11 is 11.2. The number of amides is 2. The van der Waals surface area contributed by atoms with Gasteiger partial charge in [0.25, 0.3) is 11.8 Å². The van der Waals surface area contributed by atoms with E-state index >= 15 is 0 Å². The van der Waals surface area contributed by atoms with E-state index in [4.69, 9.17) is 28.2 Å². The van der Waals surface area contributed by atoms with Gasteiger partial charge in [-0.25, -0.2) is 4.39 Å². The molecule has 0 saturated carbocycles. The van der Waals surface area contributed by atoms with Crippen LogP contribution in [-0.4, -0.2) is 16.9 Å². The van der Waals surface area contributed by atoms with E-state index in [-0.39, 0.29) is 10.7 Å². The van der Waals surface area contributed by atoms with Crippen LogP contribution >= 0.6 is 23.8 Å². The molecule has 30 heavy (non-hydrogen) atoms. The van der Waals surface area contributed by atoms with Crippen LogP contribution in [-0.2, 0) is 9.59 Å². The quantitative estimate of drug-likeness (QED) is 0.358. The Kier molecular flexibility index (Phi) is 5.24. The van der Waals surface area contributed by atoms with Crippen LogP contribution in [0.3, 0.4) is 0 Å². The molecule has 4 rings (SSSR count). The number of rotatable bonds is 3. The van der Waals surface area contributed by atoms with Gasteiger partial charge >= 0.3 is 0 Å². The Labute approximate surface area is 181 Å². The van der Waals surface area contributed by atoms with Crippen molar-refractivity contribution in [2.24, 2.45) is 0 Å². The summed E-state index contributed by atoms with van der Waals surface area (Å²) in [5.74, 6) is -0.855. The van der Waals surface area contributed by atoms with Crippen molar-refractivity contribution < 1.29 is 18.4 Å². The van der Waals surface area contributed by atoms with Gasteiger partial charge in [-0.2, -0.15) is 0 Å². The smallest absolute Gasteiger partial charge is 0.270 e. The minimum atomic E-state index is -0.639. The fourth-order valence-electron chi connectivity index (χ4n) is 3.06. The third kappa shape index (κ3) is 3.77. The normalized spacial score (nSPS) is 15.6. The lowest BCUT2D eigenvalue weighted by atomic mass is 10.1. The van der Waals surface area contributed by atoms with Crippen LogP contribution in [0.4, 0.5) is 10.1 Å². The molecule has 150 valence electrons. The first-order valence-electron chi connectivity index (χ1n) is 8.87. The van der Waals surface area contributed by atoms with Gasteiger partial charge in [-0.1, -0.05) is 17.7 Å². The minimum Gasteiger partial charge on any atom is -0.457 e. The van der Waals surface area contributed by atoms with Gasteiger partial charge in [0, 0.05) is 10.6 Å². The van der Waals surface area contributed by atoms with E-state index < -0.39 is 17.6 Å². The third-order valence-corrected chi connectivity index (χ3v) is 5.08. The highest BCUT2D eigenvalue weighted by Crippen LogP contribution is 2.29. The van der Waals surface area contributed by atoms with Crippen molar-refractivity contribution in [3.05, 3.63) is 82.3 Å². The van der Waals surface area contributed by atoms with Crippen LogP contribution in [0.15, 0.2) is 64.6 Å². The molecule has 1 aromatic heterocycles. The lowest BCUT2D eigenvalue weighted by Gasteiger charge is -2.28. The largest absolute Gasteiger partial charge is 0.457 e. The third-order valence-electron chi connectivity index (χ3n) is 4.56. The molecule has 1 aliphatic rings. The molecule has 1 saturated heterocycles. The molecule has 0 aliphatic carbocycles. The van der Waals surface area contributed by atoms with Crippen LogP contribution in [0, 0.1) is 12.7 Å². The van der Waals surface area contributed by atoms with E-state index in [1.165, 1.54) is 30.3 Å². The first-order chi connectivity index (χ1) is 14.3. The zero-order valence-electron chi connectivity index (χ0n) is 15.6. The van der Waals surface area contributed by atoms with E-state index in [2.05, 4.69) is 5.32 Å². The molecule has 0 spiro atoms. The first-order valence-corrected chi connectivity index (χ1v) is 9.65. The number of halogens is 2. The summed E-state index contributed by atoms with van der Waals surface area (Å²) in [5.41, 5.74) is 1.96. The van der Waals surface area contributed by atoms with Gasteiger partial charge in [0.05, 0.1) is 5.69 Å². The number of carbonyl (C=O) groups is 2. The van der Waals surface area contributed by atoms with E-state index in [1.54, 1.807) is 24.3 Å². The van der Waals surface area contributed by atoms with E-state index in [0.29, 0.717) is 22.2 Å². The topological polar surface area (TPSA) is 62.6 Å². The zero-order valence-corrected chi connectivity index (χ0v) is 17.2. The molecule has 1 aliphatic heterocycles. The molecule has 2 heterocycles. The summed E-state index contributed by atoms with van der Waals surface area (Å²) in [4.78, 5) is 26.5. The van der Waals surface area contributed by atoms with Gasteiger partial charge in [-0.3, -0.25) is 19.8 Å². The zero-order chi connectivity index (χ0) is 21.4. The molecular weight excluding hydrogens is 427 g/mol. The second kappa shape index (κ2) is 7.85. The molecule has 2 amide bonds. The second-order valence-corrected chi connectivity index (χ2v) is 7.42. The summed E-state index contributed by atoms with van der Waals surface area (Å²) in [6, 6.07) is 14.0. The van der Waals surface area contributed by atoms with Gasteiger partial charge in [0.1, 0.15) is 22.9 Å². The van der Waals surface area contributed by atoms with Crippen molar-refractivity contribution in [3.8, 4) is 11.3 Å². The Morgan fingerprint density at radius 1 is 1.10 bits per heavy atom. The number of benzene rings is 2. The predicted molar refractivity (Wildman–Crippen MR) is 116 cm³/mol. The van der Waals surface area contributed by atoms with Crippen molar-refractivity contribution in [3.63, 3.8) is 0 Å². The number of nitrogens with zero attached hydrogens (tertiary/aromatic N) is 1. The molecule has 0 unspecified atom stereocenters. The Bertz CT molecular complexity index is 1220. The maximum atomic E-state index is 13.2. The molecule has 5 nitrogen and oxygen atoms in total. The standard InChI is InChI=1S/C22H14ClFN2O3S/c1-12-2-3-13(23)10-17(12)19-9-8-16(29-19)11-18-20(27)25-22(30)26(21(18)28)15-6-4-14(24)5-7-15/h2-11H,1H3,(H,25,27,30). The molecule has 0 atom stereocenters. The monoisotopic (exact) mass is 440 g/mol. The Morgan fingerprint density at radius 2 is 1.83 bits per heavy atom. The van der Waals surface area contributed by atoms with Gasteiger partial charge in [-0.15, -0.1) is 0 Å². The second-order valence-electron chi connectivity index (χ2n) is 6.60. The predicted octanol–water partition coefficient (Wildman–Crippen LogP) is 4.88. The van der Waals surface area contributed by atoms with Crippen LogP contribution in [0.25, 0.3) is 17.4 Å². The number of furan rings is 1. The number of aryl methyl sites for hydroxylation is 1.